The Balaban J connectivity index is 3.42. The summed E-state index contributed by atoms with van der Waals surface area (Å²) >= 11 is 0. The fraction of sp³-hybridized carbons (Fsp3) is 0.308. The number of esters is 1. The van der Waals surface area contributed by atoms with E-state index in [4.69, 9.17) is 19.7 Å². The summed E-state index contributed by atoms with van der Waals surface area (Å²) in [4.78, 5) is 14.1. The fourth-order valence-corrected chi connectivity index (χ4v) is 1.62. The molecule has 0 unspecified atom stereocenters. The Bertz CT molecular complexity index is 581. The van der Waals surface area contributed by atoms with E-state index in [1.54, 1.807) is 12.1 Å². The largest absolute Gasteiger partial charge is 0.493 e. The highest BCUT2D eigenvalue weighted by atomic mass is 16.5. The number of carbonyl (C=O) groups excluding carboxylic acids is 1. The van der Waals surface area contributed by atoms with Crippen molar-refractivity contribution in [2.75, 3.05) is 28.4 Å². The van der Waals surface area contributed by atoms with Crippen LogP contribution >= 0.6 is 0 Å². The molecule has 0 atom stereocenters. The lowest BCUT2D eigenvalue weighted by Gasteiger charge is -2.13. The van der Waals surface area contributed by atoms with Crippen molar-refractivity contribution in [2.45, 2.75) is 0 Å². The van der Waals surface area contributed by atoms with Gasteiger partial charge in [0.15, 0.2) is 11.5 Å². The van der Waals surface area contributed by atoms with Crippen molar-refractivity contribution in [3.05, 3.63) is 33.8 Å². The molecule has 21 heavy (non-hydrogen) atoms. The lowest BCUT2D eigenvalue weighted by atomic mass is 10.1. The van der Waals surface area contributed by atoms with Gasteiger partial charge in [-0.2, -0.15) is 0 Å². The summed E-state index contributed by atoms with van der Waals surface area (Å²) in [7, 11) is 5.62. The normalized spacial score (nSPS) is 10.4. The lowest BCUT2D eigenvalue weighted by molar-refractivity contribution is -0.136. The van der Waals surface area contributed by atoms with Crippen LogP contribution in [0.3, 0.4) is 0 Å². The van der Waals surface area contributed by atoms with E-state index in [-0.39, 0.29) is 5.70 Å². The number of carbonyl (C=O) groups is 1. The van der Waals surface area contributed by atoms with E-state index in [1.165, 1.54) is 34.5 Å². The van der Waals surface area contributed by atoms with Crippen molar-refractivity contribution in [3.8, 4) is 17.2 Å². The van der Waals surface area contributed by atoms with Crippen LogP contribution in [0.4, 0.5) is 0 Å². The van der Waals surface area contributed by atoms with E-state index in [0.29, 0.717) is 22.8 Å². The molecule has 0 amide bonds. The maximum absolute atomic E-state index is 11.5. The van der Waals surface area contributed by atoms with E-state index in [9.17, 15) is 4.79 Å². The van der Waals surface area contributed by atoms with Crippen LogP contribution in [0.25, 0.3) is 16.5 Å². The molecule has 1 aromatic rings. The summed E-state index contributed by atoms with van der Waals surface area (Å²) in [6.45, 7) is 0. The summed E-state index contributed by atoms with van der Waals surface area (Å²) in [5.74, 6) is 0.489. The molecule has 112 valence electrons. The Morgan fingerprint density at radius 3 is 2.10 bits per heavy atom. The summed E-state index contributed by atoms with van der Waals surface area (Å²) in [6.07, 6.45) is 1.36. The zero-order valence-electron chi connectivity index (χ0n) is 12.1. The quantitative estimate of drug-likeness (QED) is 0.263. The molecule has 1 rings (SSSR count). The van der Waals surface area contributed by atoms with Gasteiger partial charge in [0, 0.05) is 4.91 Å². The molecule has 0 saturated carbocycles. The molecule has 0 N–H and O–H groups in total. The first-order valence-electron chi connectivity index (χ1n) is 5.76. The summed E-state index contributed by atoms with van der Waals surface area (Å²) in [5, 5.41) is 3.30. The standard InChI is InChI=1S/C13H15N3O5/c1-18-10-6-8(7-11(19-2)12(10)20-3)5-9(15-16-14)13(17)21-4/h5-7H,1-4H3/b9-5-. The third kappa shape index (κ3) is 3.80. The number of nitrogens with zero attached hydrogens (tertiary/aromatic N) is 3. The number of hydrogen-bond donors (Lipinski definition) is 0. The molecule has 0 heterocycles. The van der Waals surface area contributed by atoms with Crippen LogP contribution in [-0.2, 0) is 9.53 Å². The van der Waals surface area contributed by atoms with Crippen molar-refractivity contribution in [3.63, 3.8) is 0 Å². The Labute approximate surface area is 121 Å². The van der Waals surface area contributed by atoms with Crippen LogP contribution in [0.5, 0.6) is 17.2 Å². The molecule has 1 aromatic carbocycles. The van der Waals surface area contributed by atoms with Gasteiger partial charge < -0.3 is 18.9 Å². The minimum Gasteiger partial charge on any atom is -0.493 e. The van der Waals surface area contributed by atoms with Crippen LogP contribution in [0.15, 0.2) is 22.9 Å². The predicted molar refractivity (Wildman–Crippen MR) is 75.2 cm³/mol. The van der Waals surface area contributed by atoms with Gasteiger partial charge in [-0.1, -0.05) is 5.11 Å². The monoisotopic (exact) mass is 293 g/mol. The molecule has 0 aromatic heterocycles. The average molecular weight is 293 g/mol. The molecule has 8 heteroatoms. The maximum Gasteiger partial charge on any atom is 0.340 e. The van der Waals surface area contributed by atoms with Gasteiger partial charge in [-0.25, -0.2) is 4.79 Å². The van der Waals surface area contributed by atoms with Gasteiger partial charge in [-0.3, -0.25) is 0 Å². The summed E-state index contributed by atoms with van der Waals surface area (Å²) < 4.78 is 20.1. The Kier molecular flexibility index (Phi) is 5.91. The molecule has 0 saturated heterocycles. The van der Waals surface area contributed by atoms with E-state index < -0.39 is 5.97 Å². The first-order chi connectivity index (χ1) is 10.1. The number of ether oxygens (including phenoxy) is 4. The SMILES string of the molecule is COC(=O)/C(=C/c1cc(OC)c(OC)c(OC)c1)N=[N+]=[N-]. The third-order valence-corrected chi connectivity index (χ3v) is 2.54. The van der Waals surface area contributed by atoms with Crippen molar-refractivity contribution < 1.29 is 23.7 Å². The van der Waals surface area contributed by atoms with Gasteiger partial charge in [-0.15, -0.1) is 0 Å². The second-order valence-corrected chi connectivity index (χ2v) is 3.67. The van der Waals surface area contributed by atoms with E-state index in [2.05, 4.69) is 14.8 Å². The van der Waals surface area contributed by atoms with E-state index in [1.807, 2.05) is 0 Å². The summed E-state index contributed by atoms with van der Waals surface area (Å²) in [6, 6.07) is 3.22. The van der Waals surface area contributed by atoms with E-state index in [0.717, 1.165) is 0 Å². The molecule has 8 nitrogen and oxygen atoms in total. The Morgan fingerprint density at radius 2 is 1.71 bits per heavy atom. The van der Waals surface area contributed by atoms with Gasteiger partial charge in [0.25, 0.3) is 0 Å². The van der Waals surface area contributed by atoms with Crippen LogP contribution in [0.1, 0.15) is 5.56 Å². The van der Waals surface area contributed by atoms with Gasteiger partial charge in [0.2, 0.25) is 5.75 Å². The number of benzene rings is 1. The highest BCUT2D eigenvalue weighted by Gasteiger charge is 2.14. The molecule has 0 bridgehead atoms. The van der Waals surface area contributed by atoms with Crippen LogP contribution in [0, 0.1) is 0 Å². The molecule has 0 radical (unpaired) electrons. The second kappa shape index (κ2) is 7.66. The second-order valence-electron chi connectivity index (χ2n) is 3.67. The minimum atomic E-state index is -0.749. The Hall–Kier alpha value is -2.86. The van der Waals surface area contributed by atoms with Gasteiger partial charge in [-0.05, 0) is 29.3 Å². The molecular formula is C13H15N3O5. The zero-order valence-corrected chi connectivity index (χ0v) is 12.1. The predicted octanol–water partition coefficient (Wildman–Crippen LogP) is 2.54. The van der Waals surface area contributed by atoms with Crippen molar-refractivity contribution in [2.24, 2.45) is 5.11 Å². The smallest absolute Gasteiger partial charge is 0.340 e. The lowest BCUT2D eigenvalue weighted by Crippen LogP contribution is -2.02. The zero-order chi connectivity index (χ0) is 15.8. The third-order valence-electron chi connectivity index (χ3n) is 2.54. The highest BCUT2D eigenvalue weighted by Crippen LogP contribution is 2.38. The number of hydrogen-bond acceptors (Lipinski definition) is 6. The topological polar surface area (TPSA) is 103 Å². The Morgan fingerprint density at radius 1 is 1.14 bits per heavy atom. The summed E-state index contributed by atoms with van der Waals surface area (Å²) in [5.41, 5.74) is 8.82. The van der Waals surface area contributed by atoms with Crippen LogP contribution in [-0.4, -0.2) is 34.4 Å². The maximum atomic E-state index is 11.5. The molecule has 0 aliphatic rings. The first-order valence-corrected chi connectivity index (χ1v) is 5.76. The van der Waals surface area contributed by atoms with Gasteiger partial charge >= 0.3 is 5.97 Å². The van der Waals surface area contributed by atoms with Gasteiger partial charge in [0.05, 0.1) is 28.4 Å². The fourth-order valence-electron chi connectivity index (χ4n) is 1.62. The minimum absolute atomic E-state index is 0.186. The van der Waals surface area contributed by atoms with Crippen molar-refractivity contribution in [1.29, 1.82) is 0 Å². The van der Waals surface area contributed by atoms with Crippen LogP contribution < -0.4 is 14.2 Å². The molecule has 0 aliphatic heterocycles. The highest BCUT2D eigenvalue weighted by molar-refractivity contribution is 5.93. The van der Waals surface area contributed by atoms with Crippen LogP contribution in [0.2, 0.25) is 0 Å². The van der Waals surface area contributed by atoms with Crippen molar-refractivity contribution >= 4 is 12.0 Å². The van der Waals surface area contributed by atoms with Gasteiger partial charge in [0.1, 0.15) is 5.70 Å². The van der Waals surface area contributed by atoms with E-state index >= 15 is 0 Å². The molecule has 0 spiro atoms. The first kappa shape index (κ1) is 16.2. The number of azide groups is 1. The molecule has 0 fully saturated rings. The number of methoxy groups -OCH3 is 4. The molecular weight excluding hydrogens is 278 g/mol. The molecule has 0 aliphatic carbocycles. The number of rotatable bonds is 6. The average Bonchev–Trinajstić information content (AvgIpc) is 2.52. The van der Waals surface area contributed by atoms with Crippen molar-refractivity contribution in [1.82, 2.24) is 0 Å².